The zero-order valence-electron chi connectivity index (χ0n) is 18.3. The van der Waals surface area contributed by atoms with Crippen molar-refractivity contribution in [3.05, 3.63) is 35.4 Å². The average Bonchev–Trinajstić information content (AvgIpc) is 2.75. The molecule has 174 valence electrons. The Balaban J connectivity index is 0.00000480. The van der Waals surface area contributed by atoms with Gasteiger partial charge in [0.1, 0.15) is 0 Å². The minimum atomic E-state index is -0.577. The molecule has 0 aliphatic heterocycles. The zero-order chi connectivity index (χ0) is 21.8. The van der Waals surface area contributed by atoms with Gasteiger partial charge in [0.15, 0.2) is 5.96 Å². The largest absolute Gasteiger partial charge is 0.396 e. The molecule has 8 nitrogen and oxygen atoms in total. The van der Waals surface area contributed by atoms with E-state index in [0.717, 1.165) is 43.9 Å². The third-order valence-electron chi connectivity index (χ3n) is 5.59. The third-order valence-corrected chi connectivity index (χ3v) is 5.59. The van der Waals surface area contributed by atoms with Gasteiger partial charge < -0.3 is 26.8 Å². The maximum atomic E-state index is 11.9. The average molecular weight is 545 g/mol. The molecule has 1 aromatic rings. The number of benzene rings is 1. The molecule has 1 aliphatic carbocycles. The predicted octanol–water partition coefficient (Wildman–Crippen LogP) is 1.91. The van der Waals surface area contributed by atoms with Crippen LogP contribution in [0.15, 0.2) is 29.3 Å². The van der Waals surface area contributed by atoms with E-state index in [1.165, 1.54) is 19.3 Å². The van der Waals surface area contributed by atoms with Crippen molar-refractivity contribution in [2.45, 2.75) is 52.0 Å². The Kier molecular flexibility index (Phi) is 12.5. The van der Waals surface area contributed by atoms with E-state index in [1.54, 1.807) is 12.1 Å². The molecule has 0 aromatic heterocycles. The fraction of sp³-hybridized carbons (Fsp3) is 0.591. The Morgan fingerprint density at radius 2 is 1.77 bits per heavy atom. The fourth-order valence-corrected chi connectivity index (χ4v) is 3.87. The van der Waals surface area contributed by atoms with Crippen molar-refractivity contribution in [2.24, 2.45) is 16.1 Å². The molecule has 1 saturated carbocycles. The molecule has 2 amide bonds. The van der Waals surface area contributed by atoms with Gasteiger partial charge in [-0.15, -0.1) is 24.0 Å². The number of carbonyl (C=O) groups excluding carboxylic acids is 2. The minimum absolute atomic E-state index is 0. The summed E-state index contributed by atoms with van der Waals surface area (Å²) in [6.45, 7) is 4.11. The predicted molar refractivity (Wildman–Crippen MR) is 133 cm³/mol. The van der Waals surface area contributed by atoms with Crippen LogP contribution in [-0.2, 0) is 11.3 Å². The normalized spacial score (nSPS) is 15.5. The molecular formula is C22H36IN5O3. The van der Waals surface area contributed by atoms with Gasteiger partial charge in [0.25, 0.3) is 5.91 Å². The molecule has 1 aromatic carbocycles. The first-order valence-electron chi connectivity index (χ1n) is 10.8. The lowest BCUT2D eigenvalue weighted by atomic mass is 9.72. The monoisotopic (exact) mass is 545 g/mol. The van der Waals surface area contributed by atoms with E-state index < -0.39 is 5.91 Å². The summed E-state index contributed by atoms with van der Waals surface area (Å²) in [4.78, 5) is 27.4. The molecule has 2 rings (SSSR count). The number of hydrogen-bond donors (Lipinski definition) is 5. The van der Waals surface area contributed by atoms with Gasteiger partial charge in [-0.05, 0) is 49.3 Å². The number of aliphatic imine (C=N–C) groups is 1. The van der Waals surface area contributed by atoms with Gasteiger partial charge in [-0.3, -0.25) is 9.59 Å². The topological polar surface area (TPSA) is 129 Å². The highest BCUT2D eigenvalue weighted by atomic mass is 127. The second-order valence-corrected chi connectivity index (χ2v) is 7.93. The smallest absolute Gasteiger partial charge is 0.251 e. The highest BCUT2D eigenvalue weighted by molar-refractivity contribution is 14.0. The van der Waals surface area contributed by atoms with Crippen LogP contribution in [0.1, 0.15) is 61.4 Å². The third kappa shape index (κ3) is 9.42. The van der Waals surface area contributed by atoms with Gasteiger partial charge in [0.2, 0.25) is 5.91 Å². The molecule has 31 heavy (non-hydrogen) atoms. The number of aliphatic hydroxyl groups excluding tert-OH is 1. The van der Waals surface area contributed by atoms with Gasteiger partial charge in [-0.1, -0.05) is 31.4 Å². The van der Waals surface area contributed by atoms with Crippen LogP contribution in [-0.4, -0.2) is 49.1 Å². The maximum absolute atomic E-state index is 11.9. The van der Waals surface area contributed by atoms with Crippen LogP contribution >= 0.6 is 24.0 Å². The van der Waals surface area contributed by atoms with Crippen molar-refractivity contribution in [3.8, 4) is 0 Å². The quantitative estimate of drug-likeness (QED) is 0.174. The SMILES string of the molecule is CCNC(=NCc1ccc(C(=O)NCC(N)=O)cc1)NCC1(CCO)CCCCC1.I. The van der Waals surface area contributed by atoms with E-state index in [-0.39, 0.29) is 48.5 Å². The second kappa shape index (κ2) is 14.2. The number of halogens is 1. The molecule has 0 saturated heterocycles. The number of primary amides is 1. The molecule has 0 bridgehead atoms. The molecule has 1 aliphatic rings. The van der Waals surface area contributed by atoms with Crippen LogP contribution in [0, 0.1) is 5.41 Å². The summed E-state index contributed by atoms with van der Waals surface area (Å²) in [5, 5.41) is 18.7. The van der Waals surface area contributed by atoms with E-state index in [9.17, 15) is 14.7 Å². The Bertz CT molecular complexity index is 713. The highest BCUT2D eigenvalue weighted by Gasteiger charge is 2.31. The number of amides is 2. The van der Waals surface area contributed by atoms with Crippen LogP contribution in [0.5, 0.6) is 0 Å². The summed E-state index contributed by atoms with van der Waals surface area (Å²) in [7, 11) is 0. The van der Waals surface area contributed by atoms with Crippen molar-refractivity contribution in [1.29, 1.82) is 0 Å². The maximum Gasteiger partial charge on any atom is 0.251 e. The molecular weight excluding hydrogens is 509 g/mol. The Hall–Kier alpha value is -1.88. The number of carbonyl (C=O) groups is 2. The highest BCUT2D eigenvalue weighted by Crippen LogP contribution is 2.38. The molecule has 6 N–H and O–H groups in total. The van der Waals surface area contributed by atoms with Crippen LogP contribution in [0.4, 0.5) is 0 Å². The fourth-order valence-electron chi connectivity index (χ4n) is 3.87. The molecule has 1 fully saturated rings. The van der Waals surface area contributed by atoms with Crippen molar-refractivity contribution in [1.82, 2.24) is 16.0 Å². The summed E-state index contributed by atoms with van der Waals surface area (Å²) in [6, 6.07) is 7.11. The lowest BCUT2D eigenvalue weighted by Crippen LogP contribution is -2.44. The van der Waals surface area contributed by atoms with Crippen LogP contribution < -0.4 is 21.7 Å². The number of nitrogens with two attached hydrogens (primary N) is 1. The van der Waals surface area contributed by atoms with Crippen LogP contribution in [0.25, 0.3) is 0 Å². The van der Waals surface area contributed by atoms with Crippen molar-refractivity contribution >= 4 is 41.8 Å². The summed E-state index contributed by atoms with van der Waals surface area (Å²) in [5.74, 6) is -0.157. The lowest BCUT2D eigenvalue weighted by molar-refractivity contribution is -0.117. The van der Waals surface area contributed by atoms with Crippen LogP contribution in [0.3, 0.4) is 0 Å². The molecule has 0 atom stereocenters. The first kappa shape index (κ1) is 27.2. The minimum Gasteiger partial charge on any atom is -0.396 e. The second-order valence-electron chi connectivity index (χ2n) is 7.93. The van der Waals surface area contributed by atoms with E-state index in [0.29, 0.717) is 12.1 Å². The Morgan fingerprint density at radius 3 is 2.35 bits per heavy atom. The Morgan fingerprint density at radius 1 is 1.10 bits per heavy atom. The van der Waals surface area contributed by atoms with Gasteiger partial charge in [-0.25, -0.2) is 4.99 Å². The first-order chi connectivity index (χ1) is 14.5. The van der Waals surface area contributed by atoms with Crippen LogP contribution in [0.2, 0.25) is 0 Å². The van der Waals surface area contributed by atoms with Crippen molar-refractivity contribution in [3.63, 3.8) is 0 Å². The van der Waals surface area contributed by atoms with E-state index >= 15 is 0 Å². The van der Waals surface area contributed by atoms with E-state index in [4.69, 9.17) is 5.73 Å². The lowest BCUT2D eigenvalue weighted by Gasteiger charge is -2.37. The standard InChI is InChI=1S/C22H35N5O3.HI/c1-2-24-21(27-16-22(12-13-28)10-4-3-5-11-22)26-14-17-6-8-18(9-7-17)20(30)25-15-19(23)29;/h6-9,28H,2-5,10-16H2,1H3,(H2,23,29)(H,25,30)(H2,24,26,27);1H. The summed E-state index contributed by atoms with van der Waals surface area (Å²) in [5.41, 5.74) is 6.63. The molecule has 0 radical (unpaired) electrons. The van der Waals surface area contributed by atoms with E-state index in [1.807, 2.05) is 19.1 Å². The molecule has 9 heteroatoms. The number of hydrogen-bond acceptors (Lipinski definition) is 4. The summed E-state index contributed by atoms with van der Waals surface area (Å²) >= 11 is 0. The van der Waals surface area contributed by atoms with Gasteiger partial charge >= 0.3 is 0 Å². The van der Waals surface area contributed by atoms with E-state index in [2.05, 4.69) is 20.9 Å². The van der Waals surface area contributed by atoms with Gasteiger partial charge in [-0.2, -0.15) is 0 Å². The summed E-state index contributed by atoms with van der Waals surface area (Å²) in [6.07, 6.45) is 6.80. The number of nitrogens with zero attached hydrogens (tertiary/aromatic N) is 1. The molecule has 0 spiro atoms. The zero-order valence-corrected chi connectivity index (χ0v) is 20.6. The first-order valence-corrected chi connectivity index (χ1v) is 10.8. The van der Waals surface area contributed by atoms with Gasteiger partial charge in [0.05, 0.1) is 13.1 Å². The molecule has 0 heterocycles. The molecule has 0 unspecified atom stereocenters. The Labute approximate surface area is 201 Å². The number of rotatable bonds is 10. The summed E-state index contributed by atoms with van der Waals surface area (Å²) < 4.78 is 0. The van der Waals surface area contributed by atoms with Gasteiger partial charge in [0, 0.05) is 25.3 Å². The van der Waals surface area contributed by atoms with Crippen molar-refractivity contribution in [2.75, 3.05) is 26.2 Å². The number of nitrogens with one attached hydrogen (secondary N) is 3. The number of aliphatic hydroxyl groups is 1. The van der Waals surface area contributed by atoms with Crippen molar-refractivity contribution < 1.29 is 14.7 Å². The number of guanidine groups is 1.